The number of alkyl halides is 1. The molecule has 0 aliphatic carbocycles. The quantitative estimate of drug-likeness (QED) is 0.701. The summed E-state index contributed by atoms with van der Waals surface area (Å²) < 4.78 is 1.56. The Morgan fingerprint density at radius 3 is 2.93 bits per heavy atom. The fourth-order valence-corrected chi connectivity index (χ4v) is 1.68. The molecular weight excluding hydrogens is 221 g/mol. The lowest BCUT2D eigenvalue weighted by Gasteiger charge is -1.95. The molecule has 0 atom stereocenters. The summed E-state index contributed by atoms with van der Waals surface area (Å²) in [7, 11) is 0. The second-order valence-corrected chi connectivity index (χ2v) is 3.42. The van der Waals surface area contributed by atoms with Crippen LogP contribution in [0.25, 0.3) is 10.9 Å². The number of aromatic nitrogens is 2. The first-order chi connectivity index (χ1) is 6.76. The van der Waals surface area contributed by atoms with Gasteiger partial charge in [0.05, 0.1) is 5.52 Å². The highest BCUT2D eigenvalue weighted by atomic mass is 35.5. The van der Waals surface area contributed by atoms with Crippen molar-refractivity contribution >= 4 is 34.1 Å². The van der Waals surface area contributed by atoms with Crippen LogP contribution < -0.4 is 0 Å². The van der Waals surface area contributed by atoms with Crippen LogP contribution in [0.1, 0.15) is 5.69 Å². The van der Waals surface area contributed by atoms with Gasteiger partial charge in [-0.15, -0.1) is 11.6 Å². The van der Waals surface area contributed by atoms with Crippen molar-refractivity contribution in [2.75, 3.05) is 0 Å². The molecule has 2 aromatic rings. The molecule has 0 N–H and O–H groups in total. The monoisotopic (exact) mass is 225 g/mol. The molecule has 0 saturated heterocycles. The molecule has 0 saturated carbocycles. The predicted octanol–water partition coefficient (Wildman–Crippen LogP) is 2.76. The minimum atomic E-state index is 0.222. The van der Waals surface area contributed by atoms with Crippen LogP contribution in [0.2, 0.25) is 5.02 Å². The predicted molar refractivity (Wildman–Crippen MR) is 55.3 cm³/mol. The molecule has 1 aromatic carbocycles. The molecule has 0 aliphatic rings. The Balaban J connectivity index is 2.84. The first-order valence-corrected chi connectivity index (χ1v) is 4.79. The molecule has 0 fully saturated rings. The van der Waals surface area contributed by atoms with E-state index < -0.39 is 0 Å². The number of fused-ring (bicyclic) bond motifs is 1. The van der Waals surface area contributed by atoms with Gasteiger partial charge in [-0.25, -0.2) is 4.68 Å². The number of hydrogen-bond acceptors (Lipinski definition) is 2. The van der Waals surface area contributed by atoms with Gasteiger partial charge in [0.25, 0.3) is 0 Å². The van der Waals surface area contributed by atoms with E-state index in [0.29, 0.717) is 10.7 Å². The number of benzene rings is 1. The van der Waals surface area contributed by atoms with E-state index >= 15 is 0 Å². The lowest BCUT2D eigenvalue weighted by Crippen LogP contribution is -1.93. The Kier molecular flexibility index (Phi) is 2.32. The minimum absolute atomic E-state index is 0.222. The first-order valence-electron chi connectivity index (χ1n) is 3.88. The SMILES string of the molecule is N#Cc1nn(CCl)c2ccc(Cl)cc12. The van der Waals surface area contributed by atoms with Gasteiger partial charge in [-0.2, -0.15) is 10.4 Å². The Morgan fingerprint density at radius 1 is 1.50 bits per heavy atom. The fourth-order valence-electron chi connectivity index (χ4n) is 1.33. The van der Waals surface area contributed by atoms with Gasteiger partial charge < -0.3 is 0 Å². The highest BCUT2D eigenvalue weighted by Crippen LogP contribution is 2.22. The van der Waals surface area contributed by atoms with Crippen molar-refractivity contribution in [3.05, 3.63) is 28.9 Å². The van der Waals surface area contributed by atoms with E-state index in [9.17, 15) is 0 Å². The molecule has 0 spiro atoms. The van der Waals surface area contributed by atoms with Gasteiger partial charge in [0.15, 0.2) is 5.69 Å². The third kappa shape index (κ3) is 1.33. The Labute approximate surface area is 90.4 Å². The van der Waals surface area contributed by atoms with Crippen molar-refractivity contribution in [1.29, 1.82) is 5.26 Å². The Bertz CT molecular complexity index is 525. The summed E-state index contributed by atoms with van der Waals surface area (Å²) in [4.78, 5) is 0. The second-order valence-electron chi connectivity index (χ2n) is 2.74. The van der Waals surface area contributed by atoms with Crippen molar-refractivity contribution in [1.82, 2.24) is 9.78 Å². The van der Waals surface area contributed by atoms with Crippen molar-refractivity contribution in [2.24, 2.45) is 0 Å². The van der Waals surface area contributed by atoms with Crippen LogP contribution in [0.4, 0.5) is 0 Å². The maximum atomic E-state index is 8.82. The van der Waals surface area contributed by atoms with Gasteiger partial charge in [-0.1, -0.05) is 11.6 Å². The van der Waals surface area contributed by atoms with E-state index in [-0.39, 0.29) is 6.00 Å². The van der Waals surface area contributed by atoms with Gasteiger partial charge in [0.1, 0.15) is 12.1 Å². The average Bonchev–Trinajstić information content (AvgIpc) is 2.55. The third-order valence-corrected chi connectivity index (χ3v) is 2.39. The number of nitrogens with zero attached hydrogens (tertiary/aromatic N) is 3. The number of rotatable bonds is 1. The lowest BCUT2D eigenvalue weighted by molar-refractivity contribution is 0.767. The highest BCUT2D eigenvalue weighted by Gasteiger charge is 2.09. The zero-order valence-electron chi connectivity index (χ0n) is 7.04. The summed E-state index contributed by atoms with van der Waals surface area (Å²) in [6.07, 6.45) is 0. The molecule has 5 heteroatoms. The summed E-state index contributed by atoms with van der Waals surface area (Å²) in [6.45, 7) is 0. The number of halogens is 2. The molecule has 1 heterocycles. The van der Waals surface area contributed by atoms with Gasteiger partial charge >= 0.3 is 0 Å². The molecule has 0 amide bonds. The molecule has 70 valence electrons. The average molecular weight is 226 g/mol. The van der Waals surface area contributed by atoms with E-state index in [4.69, 9.17) is 28.5 Å². The molecule has 1 aromatic heterocycles. The van der Waals surface area contributed by atoms with Crippen molar-refractivity contribution < 1.29 is 0 Å². The summed E-state index contributed by atoms with van der Waals surface area (Å²) >= 11 is 11.5. The molecule has 0 radical (unpaired) electrons. The first kappa shape index (κ1) is 9.32. The summed E-state index contributed by atoms with van der Waals surface area (Å²) in [5, 5.41) is 14.2. The van der Waals surface area contributed by atoms with E-state index in [0.717, 1.165) is 10.9 Å². The normalized spacial score (nSPS) is 10.4. The van der Waals surface area contributed by atoms with E-state index in [1.54, 1.807) is 22.9 Å². The van der Waals surface area contributed by atoms with Crippen molar-refractivity contribution in [2.45, 2.75) is 6.00 Å². The molecule has 3 nitrogen and oxygen atoms in total. The summed E-state index contributed by atoms with van der Waals surface area (Å²) in [5.74, 6) is 0. The minimum Gasteiger partial charge on any atom is -0.249 e. The molecular formula is C9H5Cl2N3. The van der Waals surface area contributed by atoms with E-state index in [1.165, 1.54) is 0 Å². The molecule has 0 aliphatic heterocycles. The van der Waals surface area contributed by atoms with Crippen molar-refractivity contribution in [3.8, 4) is 6.07 Å². The zero-order chi connectivity index (χ0) is 10.1. The van der Waals surface area contributed by atoms with Crippen LogP contribution in [-0.4, -0.2) is 9.78 Å². The van der Waals surface area contributed by atoms with Crippen LogP contribution in [0.5, 0.6) is 0 Å². The topological polar surface area (TPSA) is 41.6 Å². The Hall–Kier alpha value is -1.24. The molecule has 14 heavy (non-hydrogen) atoms. The van der Waals surface area contributed by atoms with Gasteiger partial charge in [-0.05, 0) is 18.2 Å². The standard InChI is InChI=1S/C9H5Cl2N3/c10-5-14-9-2-1-6(11)3-7(9)8(4-12)13-14/h1-3H,5H2. The van der Waals surface area contributed by atoms with Gasteiger partial charge in [0, 0.05) is 10.4 Å². The van der Waals surface area contributed by atoms with E-state index in [1.807, 2.05) is 6.07 Å². The highest BCUT2D eigenvalue weighted by molar-refractivity contribution is 6.31. The number of nitriles is 1. The summed E-state index contributed by atoms with van der Waals surface area (Å²) in [6, 6.07) is 7.48. The summed E-state index contributed by atoms with van der Waals surface area (Å²) in [5.41, 5.74) is 1.17. The second kappa shape index (κ2) is 3.49. The fraction of sp³-hybridized carbons (Fsp3) is 0.111. The van der Waals surface area contributed by atoms with Crippen LogP contribution in [0.15, 0.2) is 18.2 Å². The van der Waals surface area contributed by atoms with Gasteiger partial charge in [-0.3, -0.25) is 0 Å². The third-order valence-electron chi connectivity index (χ3n) is 1.93. The zero-order valence-corrected chi connectivity index (χ0v) is 8.55. The van der Waals surface area contributed by atoms with Crippen LogP contribution >= 0.6 is 23.2 Å². The smallest absolute Gasteiger partial charge is 0.170 e. The molecule has 2 rings (SSSR count). The molecule has 0 unspecified atom stereocenters. The van der Waals surface area contributed by atoms with Gasteiger partial charge in [0.2, 0.25) is 0 Å². The molecule has 0 bridgehead atoms. The van der Waals surface area contributed by atoms with Crippen LogP contribution in [-0.2, 0) is 6.00 Å². The van der Waals surface area contributed by atoms with Crippen LogP contribution in [0.3, 0.4) is 0 Å². The van der Waals surface area contributed by atoms with E-state index in [2.05, 4.69) is 5.10 Å². The maximum absolute atomic E-state index is 8.82. The maximum Gasteiger partial charge on any atom is 0.170 e. The Morgan fingerprint density at radius 2 is 2.29 bits per heavy atom. The lowest BCUT2D eigenvalue weighted by atomic mass is 10.2. The van der Waals surface area contributed by atoms with Crippen LogP contribution in [0, 0.1) is 11.3 Å². The number of hydrogen-bond donors (Lipinski definition) is 0. The largest absolute Gasteiger partial charge is 0.249 e. The van der Waals surface area contributed by atoms with Crippen molar-refractivity contribution in [3.63, 3.8) is 0 Å².